The SMILES string of the molecule is CCNCC(C)c1nc(-c2ccc(C)c(F)c2)no1. The molecule has 102 valence electrons. The maximum atomic E-state index is 13.5. The van der Waals surface area contributed by atoms with Crippen LogP contribution in [-0.4, -0.2) is 23.2 Å². The molecule has 4 nitrogen and oxygen atoms in total. The lowest BCUT2D eigenvalue weighted by Crippen LogP contribution is -2.19. The van der Waals surface area contributed by atoms with Gasteiger partial charge in [-0.05, 0) is 25.1 Å². The van der Waals surface area contributed by atoms with Crippen molar-refractivity contribution in [1.82, 2.24) is 15.5 Å². The molecule has 1 atom stereocenters. The number of hydrogen-bond donors (Lipinski definition) is 1. The molecule has 0 bridgehead atoms. The van der Waals surface area contributed by atoms with Gasteiger partial charge >= 0.3 is 0 Å². The van der Waals surface area contributed by atoms with Gasteiger partial charge in [0.2, 0.25) is 11.7 Å². The monoisotopic (exact) mass is 263 g/mol. The molecule has 0 fully saturated rings. The first kappa shape index (κ1) is 13.7. The van der Waals surface area contributed by atoms with Crippen LogP contribution in [-0.2, 0) is 0 Å². The highest BCUT2D eigenvalue weighted by Crippen LogP contribution is 2.21. The second-order valence-electron chi connectivity index (χ2n) is 4.63. The average molecular weight is 263 g/mol. The summed E-state index contributed by atoms with van der Waals surface area (Å²) in [5, 5.41) is 7.13. The molecule has 0 aliphatic carbocycles. The van der Waals surface area contributed by atoms with Gasteiger partial charge in [-0.15, -0.1) is 0 Å². The van der Waals surface area contributed by atoms with Crippen LogP contribution in [0.4, 0.5) is 4.39 Å². The fourth-order valence-electron chi connectivity index (χ4n) is 1.73. The van der Waals surface area contributed by atoms with Crippen LogP contribution in [0.3, 0.4) is 0 Å². The number of aromatic nitrogens is 2. The van der Waals surface area contributed by atoms with E-state index in [1.54, 1.807) is 19.1 Å². The molecule has 0 radical (unpaired) electrons. The zero-order valence-electron chi connectivity index (χ0n) is 11.4. The number of rotatable bonds is 5. The summed E-state index contributed by atoms with van der Waals surface area (Å²) in [5.41, 5.74) is 1.24. The smallest absolute Gasteiger partial charge is 0.231 e. The number of nitrogens with one attached hydrogen (secondary N) is 1. The number of aryl methyl sites for hydroxylation is 1. The van der Waals surface area contributed by atoms with Crippen molar-refractivity contribution < 1.29 is 8.91 Å². The molecular weight excluding hydrogens is 245 g/mol. The van der Waals surface area contributed by atoms with Crippen LogP contribution in [0, 0.1) is 12.7 Å². The van der Waals surface area contributed by atoms with Crippen LogP contribution >= 0.6 is 0 Å². The minimum atomic E-state index is -0.260. The van der Waals surface area contributed by atoms with Gasteiger partial charge in [-0.2, -0.15) is 4.98 Å². The Bertz CT molecular complexity index is 553. The van der Waals surface area contributed by atoms with E-state index in [0.29, 0.717) is 22.8 Å². The van der Waals surface area contributed by atoms with E-state index in [0.717, 1.165) is 13.1 Å². The van der Waals surface area contributed by atoms with E-state index in [2.05, 4.69) is 15.5 Å². The van der Waals surface area contributed by atoms with Crippen molar-refractivity contribution in [2.75, 3.05) is 13.1 Å². The first-order chi connectivity index (χ1) is 9.11. The van der Waals surface area contributed by atoms with E-state index in [4.69, 9.17) is 4.52 Å². The third-order valence-electron chi connectivity index (χ3n) is 2.99. The van der Waals surface area contributed by atoms with Crippen molar-refractivity contribution >= 4 is 0 Å². The summed E-state index contributed by atoms with van der Waals surface area (Å²) in [4.78, 5) is 4.32. The van der Waals surface area contributed by atoms with Crippen molar-refractivity contribution in [2.45, 2.75) is 26.7 Å². The Morgan fingerprint density at radius 2 is 2.21 bits per heavy atom. The van der Waals surface area contributed by atoms with Gasteiger partial charge < -0.3 is 9.84 Å². The Kier molecular flexibility index (Phi) is 4.27. The van der Waals surface area contributed by atoms with Gasteiger partial charge in [0, 0.05) is 18.0 Å². The maximum absolute atomic E-state index is 13.5. The Labute approximate surface area is 112 Å². The van der Waals surface area contributed by atoms with Crippen molar-refractivity contribution in [3.8, 4) is 11.4 Å². The number of halogens is 1. The van der Waals surface area contributed by atoms with Gasteiger partial charge in [-0.1, -0.05) is 31.1 Å². The normalized spacial score (nSPS) is 12.6. The highest BCUT2D eigenvalue weighted by atomic mass is 19.1. The number of nitrogens with zero attached hydrogens (tertiary/aromatic N) is 2. The molecule has 0 amide bonds. The molecule has 1 aromatic heterocycles. The van der Waals surface area contributed by atoms with Crippen LogP contribution in [0.2, 0.25) is 0 Å². The quantitative estimate of drug-likeness (QED) is 0.901. The standard InChI is InChI=1S/C14H18FN3O/c1-4-16-8-10(3)14-17-13(18-19-14)11-6-5-9(2)12(15)7-11/h5-7,10,16H,4,8H2,1-3H3. The van der Waals surface area contributed by atoms with Gasteiger partial charge in [0.05, 0.1) is 0 Å². The third-order valence-corrected chi connectivity index (χ3v) is 2.99. The first-order valence-corrected chi connectivity index (χ1v) is 6.42. The number of hydrogen-bond acceptors (Lipinski definition) is 4. The Hall–Kier alpha value is -1.75. The van der Waals surface area contributed by atoms with E-state index < -0.39 is 0 Å². The van der Waals surface area contributed by atoms with Crippen molar-refractivity contribution in [1.29, 1.82) is 0 Å². The molecule has 1 aromatic carbocycles. The van der Waals surface area contributed by atoms with Gasteiger partial charge in [0.15, 0.2) is 0 Å². The van der Waals surface area contributed by atoms with E-state index in [1.165, 1.54) is 6.07 Å². The topological polar surface area (TPSA) is 51.0 Å². The molecule has 2 aromatic rings. The lowest BCUT2D eigenvalue weighted by molar-refractivity contribution is 0.355. The molecule has 0 saturated heterocycles. The molecule has 5 heteroatoms. The molecule has 1 heterocycles. The second kappa shape index (κ2) is 5.93. The molecule has 0 spiro atoms. The Morgan fingerprint density at radius 3 is 2.89 bits per heavy atom. The zero-order chi connectivity index (χ0) is 13.8. The zero-order valence-corrected chi connectivity index (χ0v) is 11.4. The summed E-state index contributed by atoms with van der Waals surface area (Å²) in [5.74, 6) is 0.871. The van der Waals surface area contributed by atoms with Gasteiger partial charge in [0.25, 0.3) is 0 Å². The highest BCUT2D eigenvalue weighted by molar-refractivity contribution is 5.54. The van der Waals surface area contributed by atoms with Crippen LogP contribution < -0.4 is 5.32 Å². The Balaban J connectivity index is 2.18. The highest BCUT2D eigenvalue weighted by Gasteiger charge is 2.15. The summed E-state index contributed by atoms with van der Waals surface area (Å²) in [7, 11) is 0. The largest absolute Gasteiger partial charge is 0.339 e. The van der Waals surface area contributed by atoms with E-state index in [-0.39, 0.29) is 11.7 Å². The van der Waals surface area contributed by atoms with Crippen molar-refractivity contribution in [2.24, 2.45) is 0 Å². The van der Waals surface area contributed by atoms with Crippen molar-refractivity contribution in [3.63, 3.8) is 0 Å². The van der Waals surface area contributed by atoms with E-state index in [1.807, 2.05) is 13.8 Å². The molecule has 2 rings (SSSR count). The predicted octanol–water partition coefficient (Wildman–Crippen LogP) is 2.90. The molecule has 1 N–H and O–H groups in total. The fourth-order valence-corrected chi connectivity index (χ4v) is 1.73. The molecular formula is C14H18FN3O. The van der Waals surface area contributed by atoms with Crippen molar-refractivity contribution in [3.05, 3.63) is 35.5 Å². The summed E-state index contributed by atoms with van der Waals surface area (Å²) in [6.07, 6.45) is 0. The van der Waals surface area contributed by atoms with Gasteiger partial charge in [-0.25, -0.2) is 4.39 Å². The third kappa shape index (κ3) is 3.17. The molecule has 19 heavy (non-hydrogen) atoms. The summed E-state index contributed by atoms with van der Waals surface area (Å²) < 4.78 is 18.7. The minimum Gasteiger partial charge on any atom is -0.339 e. The second-order valence-corrected chi connectivity index (χ2v) is 4.63. The van der Waals surface area contributed by atoms with Crippen LogP contribution in [0.1, 0.15) is 31.2 Å². The average Bonchev–Trinajstić information content (AvgIpc) is 2.89. The lowest BCUT2D eigenvalue weighted by atomic mass is 10.1. The van der Waals surface area contributed by atoms with Gasteiger partial charge in [-0.3, -0.25) is 0 Å². The molecule has 0 aliphatic rings. The number of benzene rings is 1. The summed E-state index contributed by atoms with van der Waals surface area (Å²) >= 11 is 0. The lowest BCUT2D eigenvalue weighted by Gasteiger charge is -2.05. The van der Waals surface area contributed by atoms with Crippen LogP contribution in [0.25, 0.3) is 11.4 Å². The van der Waals surface area contributed by atoms with E-state index >= 15 is 0 Å². The fraction of sp³-hybridized carbons (Fsp3) is 0.429. The minimum absolute atomic E-state index is 0.136. The van der Waals surface area contributed by atoms with Crippen LogP contribution in [0.5, 0.6) is 0 Å². The Morgan fingerprint density at radius 1 is 1.42 bits per heavy atom. The predicted molar refractivity (Wildman–Crippen MR) is 71.4 cm³/mol. The van der Waals surface area contributed by atoms with E-state index in [9.17, 15) is 4.39 Å². The maximum Gasteiger partial charge on any atom is 0.231 e. The summed E-state index contributed by atoms with van der Waals surface area (Å²) in [6, 6.07) is 4.93. The first-order valence-electron chi connectivity index (χ1n) is 6.42. The number of likely N-dealkylation sites (N-methyl/N-ethyl adjacent to an activating group) is 1. The molecule has 0 saturated carbocycles. The van der Waals surface area contributed by atoms with Crippen LogP contribution in [0.15, 0.2) is 22.7 Å². The molecule has 0 aliphatic heterocycles. The summed E-state index contributed by atoms with van der Waals surface area (Å²) in [6.45, 7) is 7.45. The van der Waals surface area contributed by atoms with Gasteiger partial charge in [0.1, 0.15) is 5.82 Å². The molecule has 1 unspecified atom stereocenters.